The number of amides is 2. The summed E-state index contributed by atoms with van der Waals surface area (Å²) in [6.45, 7) is 4.31. The highest BCUT2D eigenvalue weighted by molar-refractivity contribution is 7.90. The zero-order valence-electron chi connectivity index (χ0n) is 13.1. The van der Waals surface area contributed by atoms with Gasteiger partial charge in [0.2, 0.25) is 0 Å². The number of carbonyl (C=O) groups excluding carboxylic acids is 1. The van der Waals surface area contributed by atoms with Crippen LogP contribution in [0.15, 0.2) is 59.5 Å². The van der Waals surface area contributed by atoms with Crippen molar-refractivity contribution < 1.29 is 13.2 Å². The number of nitrogens with one attached hydrogen (secondary N) is 2. The van der Waals surface area contributed by atoms with Crippen molar-refractivity contribution in [1.29, 1.82) is 0 Å². The van der Waals surface area contributed by atoms with Gasteiger partial charge in [0.1, 0.15) is 0 Å². The topological polar surface area (TPSA) is 75.3 Å². The Morgan fingerprint density at radius 2 is 1.61 bits per heavy atom. The average molecular weight is 332 g/mol. The number of hydrogen-bond donors (Lipinski definition) is 2. The van der Waals surface area contributed by atoms with Gasteiger partial charge < -0.3 is 5.32 Å². The van der Waals surface area contributed by atoms with E-state index in [1.54, 1.807) is 12.1 Å². The molecule has 23 heavy (non-hydrogen) atoms. The zero-order chi connectivity index (χ0) is 16.9. The smallest absolute Gasteiger partial charge is 0.328 e. The van der Waals surface area contributed by atoms with Crippen molar-refractivity contribution in [2.24, 2.45) is 0 Å². The Kier molecular flexibility index (Phi) is 5.39. The monoisotopic (exact) mass is 332 g/mol. The van der Waals surface area contributed by atoms with E-state index in [2.05, 4.69) is 5.32 Å². The quantitative estimate of drug-likeness (QED) is 0.884. The Labute approximate surface area is 136 Å². The third kappa shape index (κ3) is 4.82. The molecule has 122 valence electrons. The van der Waals surface area contributed by atoms with Crippen LogP contribution in [-0.4, -0.2) is 14.4 Å². The molecule has 0 heterocycles. The second-order valence-corrected chi connectivity index (χ2v) is 7.18. The van der Waals surface area contributed by atoms with Crippen molar-refractivity contribution in [3.8, 4) is 0 Å². The first-order valence-corrected chi connectivity index (χ1v) is 8.81. The summed E-state index contributed by atoms with van der Waals surface area (Å²) in [4.78, 5) is 11.8. The number of sulfonamides is 1. The number of hydrogen-bond acceptors (Lipinski definition) is 3. The lowest BCUT2D eigenvalue weighted by molar-refractivity contribution is 0.245. The summed E-state index contributed by atoms with van der Waals surface area (Å²) in [5.74, 6) is 0.314. The third-order valence-electron chi connectivity index (χ3n) is 3.38. The maximum Gasteiger partial charge on any atom is 0.328 e. The van der Waals surface area contributed by atoms with Crippen molar-refractivity contribution in [1.82, 2.24) is 10.0 Å². The van der Waals surface area contributed by atoms with E-state index in [0.717, 1.165) is 11.1 Å². The molecule has 0 aliphatic carbocycles. The molecule has 2 aromatic rings. The third-order valence-corrected chi connectivity index (χ3v) is 4.73. The molecule has 2 N–H and O–H groups in total. The second kappa shape index (κ2) is 7.28. The highest BCUT2D eigenvalue weighted by Crippen LogP contribution is 2.17. The molecule has 0 saturated heterocycles. The maximum atomic E-state index is 12.2. The lowest BCUT2D eigenvalue weighted by atomic mass is 10.0. The minimum atomic E-state index is -3.87. The van der Waals surface area contributed by atoms with Crippen LogP contribution in [-0.2, 0) is 16.6 Å². The average Bonchev–Trinajstić information content (AvgIpc) is 2.53. The number of rotatable bonds is 5. The van der Waals surface area contributed by atoms with Crippen LogP contribution in [0.3, 0.4) is 0 Å². The summed E-state index contributed by atoms with van der Waals surface area (Å²) < 4.78 is 26.3. The Morgan fingerprint density at radius 1 is 1.00 bits per heavy atom. The van der Waals surface area contributed by atoms with E-state index >= 15 is 0 Å². The fourth-order valence-electron chi connectivity index (χ4n) is 2.03. The largest absolute Gasteiger partial charge is 0.333 e. The standard InChI is InChI=1S/C17H20N2O3S/c1-13(2)15-8-10-16(11-9-15)23(21,22)19-17(20)18-12-14-6-4-3-5-7-14/h3-11,13H,12H2,1-2H3,(H2,18,19,20). The summed E-state index contributed by atoms with van der Waals surface area (Å²) in [5.41, 5.74) is 1.93. The molecule has 0 fully saturated rings. The fourth-order valence-corrected chi connectivity index (χ4v) is 2.96. The predicted octanol–water partition coefficient (Wildman–Crippen LogP) is 3.00. The predicted molar refractivity (Wildman–Crippen MR) is 89.5 cm³/mol. The minimum Gasteiger partial charge on any atom is -0.333 e. The molecule has 0 radical (unpaired) electrons. The first-order valence-electron chi connectivity index (χ1n) is 7.33. The Hall–Kier alpha value is -2.34. The molecule has 5 nitrogen and oxygen atoms in total. The fraction of sp³-hybridized carbons (Fsp3) is 0.235. The van der Waals surface area contributed by atoms with Gasteiger partial charge in [-0.3, -0.25) is 0 Å². The molecular formula is C17H20N2O3S. The van der Waals surface area contributed by atoms with Crippen LogP contribution in [0.1, 0.15) is 30.9 Å². The Morgan fingerprint density at radius 3 is 2.17 bits per heavy atom. The summed E-state index contributed by atoms with van der Waals surface area (Å²) in [6.07, 6.45) is 0. The molecule has 2 amide bonds. The Bertz CT molecular complexity index is 754. The summed E-state index contributed by atoms with van der Waals surface area (Å²) in [7, 11) is -3.87. The molecule has 0 spiro atoms. The summed E-state index contributed by atoms with van der Waals surface area (Å²) in [6, 6.07) is 15.0. The van der Waals surface area contributed by atoms with Gasteiger partial charge in [0.05, 0.1) is 4.90 Å². The molecule has 0 bridgehead atoms. The van der Waals surface area contributed by atoms with Gasteiger partial charge >= 0.3 is 6.03 Å². The van der Waals surface area contributed by atoms with Crippen LogP contribution in [0.25, 0.3) is 0 Å². The molecule has 0 saturated carbocycles. The number of urea groups is 1. The van der Waals surface area contributed by atoms with Crippen molar-refractivity contribution >= 4 is 16.1 Å². The summed E-state index contributed by atoms with van der Waals surface area (Å²) in [5, 5.41) is 2.53. The number of carbonyl (C=O) groups is 1. The minimum absolute atomic E-state index is 0.0664. The van der Waals surface area contributed by atoms with E-state index < -0.39 is 16.1 Å². The van der Waals surface area contributed by atoms with Gasteiger partial charge in [0.15, 0.2) is 0 Å². The maximum absolute atomic E-state index is 12.2. The Balaban J connectivity index is 1.98. The molecular weight excluding hydrogens is 312 g/mol. The van der Waals surface area contributed by atoms with Gasteiger partial charge in [0.25, 0.3) is 10.0 Å². The highest BCUT2D eigenvalue weighted by atomic mass is 32.2. The van der Waals surface area contributed by atoms with E-state index in [-0.39, 0.29) is 11.4 Å². The molecule has 2 rings (SSSR count). The van der Waals surface area contributed by atoms with Crippen LogP contribution in [0.2, 0.25) is 0 Å². The van der Waals surface area contributed by atoms with E-state index in [1.165, 1.54) is 12.1 Å². The molecule has 0 aliphatic heterocycles. The lowest BCUT2D eigenvalue weighted by Crippen LogP contribution is -2.39. The van der Waals surface area contributed by atoms with E-state index in [0.29, 0.717) is 5.92 Å². The van der Waals surface area contributed by atoms with Crippen LogP contribution in [0, 0.1) is 0 Å². The van der Waals surface area contributed by atoms with Crippen LogP contribution in [0.5, 0.6) is 0 Å². The van der Waals surface area contributed by atoms with Crippen molar-refractivity contribution in [3.63, 3.8) is 0 Å². The molecule has 0 atom stereocenters. The van der Waals surface area contributed by atoms with E-state index in [4.69, 9.17) is 0 Å². The molecule has 0 unspecified atom stereocenters. The molecule has 2 aromatic carbocycles. The molecule has 0 aromatic heterocycles. The van der Waals surface area contributed by atoms with Crippen molar-refractivity contribution in [3.05, 3.63) is 65.7 Å². The van der Waals surface area contributed by atoms with Crippen molar-refractivity contribution in [2.45, 2.75) is 31.2 Å². The van der Waals surface area contributed by atoms with Crippen molar-refractivity contribution in [2.75, 3.05) is 0 Å². The summed E-state index contributed by atoms with van der Waals surface area (Å²) >= 11 is 0. The van der Waals surface area contributed by atoms with Gasteiger partial charge in [-0.25, -0.2) is 17.9 Å². The second-order valence-electron chi connectivity index (χ2n) is 5.50. The molecule has 0 aliphatic rings. The van der Waals surface area contributed by atoms with E-state index in [9.17, 15) is 13.2 Å². The van der Waals surface area contributed by atoms with Gasteiger partial charge in [-0.15, -0.1) is 0 Å². The SMILES string of the molecule is CC(C)c1ccc(S(=O)(=O)NC(=O)NCc2ccccc2)cc1. The van der Waals surface area contributed by atoms with Crippen LogP contribution < -0.4 is 10.0 Å². The van der Waals surface area contributed by atoms with Gasteiger partial charge in [0, 0.05) is 6.54 Å². The lowest BCUT2D eigenvalue weighted by Gasteiger charge is -2.10. The van der Waals surface area contributed by atoms with Gasteiger partial charge in [-0.05, 0) is 29.2 Å². The van der Waals surface area contributed by atoms with Gasteiger partial charge in [-0.1, -0.05) is 56.3 Å². The highest BCUT2D eigenvalue weighted by Gasteiger charge is 2.17. The first kappa shape index (κ1) is 17.0. The molecule has 6 heteroatoms. The first-order chi connectivity index (χ1) is 10.9. The number of benzene rings is 2. The van der Waals surface area contributed by atoms with Gasteiger partial charge in [-0.2, -0.15) is 0 Å². The van der Waals surface area contributed by atoms with E-state index in [1.807, 2.05) is 48.9 Å². The normalized spacial score (nSPS) is 11.3. The zero-order valence-corrected chi connectivity index (χ0v) is 13.9. The van der Waals surface area contributed by atoms with Crippen LogP contribution >= 0.6 is 0 Å². The van der Waals surface area contributed by atoms with Crippen LogP contribution in [0.4, 0.5) is 4.79 Å².